The van der Waals surface area contributed by atoms with E-state index in [-0.39, 0.29) is 30.8 Å². The number of benzene rings is 2. The number of carbonyl (C=O) groups is 2. The quantitative estimate of drug-likeness (QED) is 0.617. The fraction of sp³-hybridized carbons (Fsp3) is 0.292. The van der Waals surface area contributed by atoms with Gasteiger partial charge in [0.2, 0.25) is 5.91 Å². The summed E-state index contributed by atoms with van der Waals surface area (Å²) < 4.78 is 20.3. The van der Waals surface area contributed by atoms with Gasteiger partial charge in [0, 0.05) is 38.4 Å². The molecule has 1 aliphatic rings. The van der Waals surface area contributed by atoms with Gasteiger partial charge in [-0.25, -0.2) is 4.39 Å². The second-order valence-electron chi connectivity index (χ2n) is 7.81. The molecule has 7 nitrogen and oxygen atoms in total. The number of aryl methyl sites for hydroxylation is 1. The van der Waals surface area contributed by atoms with Gasteiger partial charge in [0.05, 0.1) is 11.6 Å². The Morgan fingerprint density at radius 3 is 2.66 bits per heavy atom. The Hall–Kier alpha value is -3.68. The fourth-order valence-corrected chi connectivity index (χ4v) is 3.80. The second kappa shape index (κ2) is 9.64. The summed E-state index contributed by atoms with van der Waals surface area (Å²) in [5.74, 6) is -0.603. The van der Waals surface area contributed by atoms with Crippen LogP contribution in [0.25, 0.3) is 0 Å². The highest BCUT2D eigenvalue weighted by Gasteiger charge is 2.35. The van der Waals surface area contributed by atoms with Gasteiger partial charge in [-0.15, -0.1) is 0 Å². The topological polar surface area (TPSA) is 76.5 Å². The van der Waals surface area contributed by atoms with E-state index in [9.17, 15) is 14.0 Å². The number of rotatable bonds is 7. The van der Waals surface area contributed by atoms with Crippen molar-refractivity contribution in [2.24, 2.45) is 7.05 Å². The molecular weight excluding hydrogens is 411 g/mol. The Morgan fingerprint density at radius 2 is 1.91 bits per heavy atom. The molecule has 8 heteroatoms. The molecule has 1 aromatic heterocycles. The van der Waals surface area contributed by atoms with Crippen LogP contribution in [-0.4, -0.2) is 46.2 Å². The van der Waals surface area contributed by atoms with Crippen molar-refractivity contribution in [3.05, 3.63) is 83.4 Å². The van der Waals surface area contributed by atoms with Gasteiger partial charge in [-0.1, -0.05) is 30.3 Å². The number of para-hydroxylation sites is 1. The van der Waals surface area contributed by atoms with E-state index >= 15 is 0 Å². The highest BCUT2D eigenvalue weighted by atomic mass is 19.1. The predicted octanol–water partition coefficient (Wildman–Crippen LogP) is 2.42. The Labute approximate surface area is 185 Å². The molecule has 166 valence electrons. The summed E-state index contributed by atoms with van der Waals surface area (Å²) in [6, 6.07) is 15.4. The number of halogens is 1. The number of amides is 2. The van der Waals surface area contributed by atoms with E-state index in [1.54, 1.807) is 40.9 Å². The summed E-state index contributed by atoms with van der Waals surface area (Å²) in [6.07, 6.45) is 2.42. The van der Waals surface area contributed by atoms with E-state index in [0.29, 0.717) is 31.0 Å². The first-order valence-corrected chi connectivity index (χ1v) is 10.5. The van der Waals surface area contributed by atoms with Crippen molar-refractivity contribution in [1.82, 2.24) is 20.0 Å². The van der Waals surface area contributed by atoms with Crippen LogP contribution in [0.1, 0.15) is 22.7 Å². The third kappa shape index (κ3) is 5.14. The zero-order valence-electron chi connectivity index (χ0n) is 17.8. The minimum Gasteiger partial charge on any atom is -0.484 e. The number of hydrogen-bond donors (Lipinski definition) is 1. The molecule has 0 saturated carbocycles. The maximum atomic E-state index is 13.1. The standard InChI is InChI=1S/C24H25FN4O3/c1-28-13-18-14-29(22(30)16-32-20-5-3-2-4-6-20)15-21(23(18)27-28)24(31)26-12-11-17-7-9-19(25)10-8-17/h2-10,13,21H,11-12,14-16H2,1H3,(H,26,31). The molecule has 32 heavy (non-hydrogen) atoms. The van der Waals surface area contributed by atoms with Crippen molar-refractivity contribution in [2.75, 3.05) is 19.7 Å². The third-order valence-corrected chi connectivity index (χ3v) is 5.43. The lowest BCUT2D eigenvalue weighted by molar-refractivity contribution is -0.135. The number of aromatic nitrogens is 2. The highest BCUT2D eigenvalue weighted by Crippen LogP contribution is 2.27. The van der Waals surface area contributed by atoms with Gasteiger partial charge in [0.15, 0.2) is 6.61 Å². The van der Waals surface area contributed by atoms with Gasteiger partial charge in [-0.2, -0.15) is 5.10 Å². The van der Waals surface area contributed by atoms with Crippen LogP contribution in [0.4, 0.5) is 4.39 Å². The van der Waals surface area contributed by atoms with Crippen LogP contribution in [0.5, 0.6) is 5.75 Å². The van der Waals surface area contributed by atoms with Crippen LogP contribution in [0, 0.1) is 5.82 Å². The second-order valence-corrected chi connectivity index (χ2v) is 7.81. The number of carbonyl (C=O) groups excluding carboxylic acids is 2. The van der Waals surface area contributed by atoms with Crippen LogP contribution in [0.3, 0.4) is 0 Å². The van der Waals surface area contributed by atoms with E-state index in [4.69, 9.17) is 4.74 Å². The van der Waals surface area contributed by atoms with Gasteiger partial charge >= 0.3 is 0 Å². The van der Waals surface area contributed by atoms with E-state index in [1.165, 1.54) is 12.1 Å². The molecule has 1 N–H and O–H groups in total. The Morgan fingerprint density at radius 1 is 1.16 bits per heavy atom. The molecule has 0 spiro atoms. The lowest BCUT2D eigenvalue weighted by atomic mass is 9.95. The average Bonchev–Trinajstić information content (AvgIpc) is 3.18. The number of fused-ring (bicyclic) bond motifs is 1. The maximum Gasteiger partial charge on any atom is 0.260 e. The SMILES string of the molecule is Cn1cc2c(n1)C(C(=O)NCCc1ccc(F)cc1)CN(C(=O)COc1ccccc1)C2. The summed E-state index contributed by atoms with van der Waals surface area (Å²) in [4.78, 5) is 27.4. The molecule has 1 unspecified atom stereocenters. The minimum atomic E-state index is -0.561. The molecule has 3 aromatic rings. The Kier molecular flexibility index (Phi) is 6.49. The summed E-state index contributed by atoms with van der Waals surface area (Å²) in [5, 5.41) is 7.39. The normalized spacial score (nSPS) is 15.2. The van der Waals surface area contributed by atoms with Gasteiger partial charge in [0.1, 0.15) is 11.6 Å². The lowest BCUT2D eigenvalue weighted by Gasteiger charge is -2.31. The summed E-state index contributed by atoms with van der Waals surface area (Å²) in [7, 11) is 1.80. The first-order chi connectivity index (χ1) is 15.5. The van der Waals surface area contributed by atoms with Crippen molar-refractivity contribution >= 4 is 11.8 Å². The Bertz CT molecular complexity index is 1080. The first-order valence-electron chi connectivity index (χ1n) is 10.5. The van der Waals surface area contributed by atoms with E-state index in [0.717, 1.165) is 11.1 Å². The average molecular weight is 436 g/mol. The molecule has 0 fully saturated rings. The van der Waals surface area contributed by atoms with E-state index in [1.807, 2.05) is 24.4 Å². The molecule has 4 rings (SSSR count). The lowest BCUT2D eigenvalue weighted by Crippen LogP contribution is -2.45. The largest absolute Gasteiger partial charge is 0.484 e. The fourth-order valence-electron chi connectivity index (χ4n) is 3.80. The van der Waals surface area contributed by atoms with Crippen LogP contribution in [0.15, 0.2) is 60.8 Å². The smallest absolute Gasteiger partial charge is 0.260 e. The minimum absolute atomic E-state index is 0.0987. The zero-order chi connectivity index (χ0) is 22.5. The van der Waals surface area contributed by atoms with Gasteiger partial charge in [0.25, 0.3) is 5.91 Å². The van der Waals surface area contributed by atoms with Gasteiger partial charge in [-0.3, -0.25) is 14.3 Å². The molecule has 1 aliphatic heterocycles. The highest BCUT2D eigenvalue weighted by molar-refractivity contribution is 5.86. The van der Waals surface area contributed by atoms with E-state index < -0.39 is 5.92 Å². The van der Waals surface area contributed by atoms with Crippen LogP contribution in [-0.2, 0) is 29.6 Å². The van der Waals surface area contributed by atoms with Crippen LogP contribution < -0.4 is 10.1 Å². The summed E-state index contributed by atoms with van der Waals surface area (Å²) in [5.41, 5.74) is 2.48. The van der Waals surface area contributed by atoms with E-state index in [2.05, 4.69) is 10.4 Å². The molecule has 2 heterocycles. The van der Waals surface area contributed by atoms with Crippen LogP contribution in [0.2, 0.25) is 0 Å². The summed E-state index contributed by atoms with van der Waals surface area (Å²) in [6.45, 7) is 0.940. The van der Waals surface area contributed by atoms with Crippen molar-refractivity contribution in [3.63, 3.8) is 0 Å². The number of nitrogens with one attached hydrogen (secondary N) is 1. The number of ether oxygens (including phenoxy) is 1. The predicted molar refractivity (Wildman–Crippen MR) is 116 cm³/mol. The number of hydrogen-bond acceptors (Lipinski definition) is 4. The van der Waals surface area contributed by atoms with Crippen molar-refractivity contribution in [2.45, 2.75) is 18.9 Å². The van der Waals surface area contributed by atoms with Crippen molar-refractivity contribution < 1.29 is 18.7 Å². The third-order valence-electron chi connectivity index (χ3n) is 5.43. The van der Waals surface area contributed by atoms with Crippen molar-refractivity contribution in [1.29, 1.82) is 0 Å². The monoisotopic (exact) mass is 436 g/mol. The molecule has 1 atom stereocenters. The van der Waals surface area contributed by atoms with Gasteiger partial charge in [-0.05, 0) is 36.2 Å². The molecule has 0 bridgehead atoms. The Balaban J connectivity index is 1.39. The first kappa shape index (κ1) is 21.5. The molecule has 0 radical (unpaired) electrons. The van der Waals surface area contributed by atoms with Crippen LogP contribution >= 0.6 is 0 Å². The molecule has 0 saturated heterocycles. The van der Waals surface area contributed by atoms with Gasteiger partial charge < -0.3 is 15.0 Å². The summed E-state index contributed by atoms with van der Waals surface area (Å²) >= 11 is 0. The molecule has 2 amide bonds. The molecular formula is C24H25FN4O3. The molecule has 2 aromatic carbocycles. The number of nitrogens with zero attached hydrogens (tertiary/aromatic N) is 3. The van der Waals surface area contributed by atoms with Crippen molar-refractivity contribution in [3.8, 4) is 5.75 Å². The maximum absolute atomic E-state index is 13.1. The zero-order valence-corrected chi connectivity index (χ0v) is 17.8. The molecule has 0 aliphatic carbocycles.